The third kappa shape index (κ3) is 4.65. The number of benzene rings is 2. The molecule has 0 radical (unpaired) electrons. The van der Waals surface area contributed by atoms with E-state index in [1.807, 2.05) is 0 Å². The lowest BCUT2D eigenvalue weighted by Crippen LogP contribution is -2.21. The molecule has 138 valence electrons. The number of phenolic OH excluding ortho intramolecular Hbond substituents is 1. The van der Waals surface area contributed by atoms with Gasteiger partial charge >= 0.3 is 0 Å². The zero-order valence-corrected chi connectivity index (χ0v) is 14.4. The fourth-order valence-corrected chi connectivity index (χ4v) is 2.51. The summed E-state index contributed by atoms with van der Waals surface area (Å²) in [6.45, 7) is 1.02. The molecule has 1 fully saturated rings. The zero-order chi connectivity index (χ0) is 18.4. The van der Waals surface area contributed by atoms with E-state index in [1.54, 1.807) is 43.5 Å². The molecule has 7 nitrogen and oxygen atoms in total. The first kappa shape index (κ1) is 18.0. The maximum Gasteiger partial charge on any atom is 0.262 e. The van der Waals surface area contributed by atoms with Gasteiger partial charge in [0.1, 0.15) is 17.2 Å². The Labute approximate surface area is 151 Å². The van der Waals surface area contributed by atoms with Crippen molar-refractivity contribution in [3.8, 4) is 17.2 Å². The monoisotopic (exact) mass is 359 g/mol. The molecule has 0 atom stereocenters. The van der Waals surface area contributed by atoms with Crippen molar-refractivity contribution in [3.63, 3.8) is 0 Å². The van der Waals surface area contributed by atoms with Crippen LogP contribution in [0.1, 0.15) is 18.3 Å². The first-order valence-electron chi connectivity index (χ1n) is 8.28. The Morgan fingerprint density at radius 1 is 1.19 bits per heavy atom. The van der Waals surface area contributed by atoms with Gasteiger partial charge in [-0.15, -0.1) is 0 Å². The molecule has 2 N–H and O–H groups in total. The lowest BCUT2D eigenvalue weighted by molar-refractivity contribution is -0.183. The zero-order valence-electron chi connectivity index (χ0n) is 14.4. The predicted octanol–water partition coefficient (Wildman–Crippen LogP) is 2.85. The maximum absolute atomic E-state index is 12.1. The minimum absolute atomic E-state index is 0.0423. The molecule has 1 saturated heterocycles. The largest absolute Gasteiger partial charge is 0.506 e. The van der Waals surface area contributed by atoms with E-state index >= 15 is 0 Å². The molecule has 1 aliphatic heterocycles. The second-order valence-corrected chi connectivity index (χ2v) is 5.72. The minimum Gasteiger partial charge on any atom is -0.506 e. The van der Waals surface area contributed by atoms with Gasteiger partial charge in [-0.25, -0.2) is 0 Å². The molecule has 2 aromatic rings. The van der Waals surface area contributed by atoms with Crippen molar-refractivity contribution < 1.29 is 28.8 Å². The summed E-state index contributed by atoms with van der Waals surface area (Å²) in [5, 5.41) is 12.6. The van der Waals surface area contributed by atoms with Gasteiger partial charge in [0.2, 0.25) is 0 Å². The van der Waals surface area contributed by atoms with Crippen LogP contribution in [0.3, 0.4) is 0 Å². The number of carbonyl (C=O) groups is 1. The Morgan fingerprint density at radius 3 is 2.73 bits per heavy atom. The summed E-state index contributed by atoms with van der Waals surface area (Å²) in [6.07, 6.45) is 0.354. The van der Waals surface area contributed by atoms with Crippen molar-refractivity contribution in [2.45, 2.75) is 12.7 Å². The van der Waals surface area contributed by atoms with Crippen LogP contribution in [0.2, 0.25) is 0 Å². The van der Waals surface area contributed by atoms with E-state index in [0.29, 0.717) is 24.7 Å². The standard InChI is InChI=1S/C19H21NO6/c1-23-14-4-2-5-15(11-14)26-12-18(22)20-16-10-13(6-7-17(16)21)19-24-8-3-9-25-19/h2,4-7,10-11,19,21H,3,8-9,12H2,1H3,(H,20,22). The second-order valence-electron chi connectivity index (χ2n) is 5.72. The van der Waals surface area contributed by atoms with E-state index in [-0.39, 0.29) is 18.0 Å². The van der Waals surface area contributed by atoms with Gasteiger partial charge in [-0.2, -0.15) is 0 Å². The molecule has 0 saturated carbocycles. The number of amides is 1. The average Bonchev–Trinajstić information content (AvgIpc) is 2.69. The lowest BCUT2D eigenvalue weighted by Gasteiger charge is -2.24. The van der Waals surface area contributed by atoms with Crippen LogP contribution in [-0.2, 0) is 14.3 Å². The number of nitrogens with one attached hydrogen (secondary N) is 1. The summed E-state index contributed by atoms with van der Waals surface area (Å²) in [7, 11) is 1.56. The van der Waals surface area contributed by atoms with E-state index in [0.717, 1.165) is 12.0 Å². The van der Waals surface area contributed by atoms with Crippen LogP contribution in [0, 0.1) is 0 Å². The van der Waals surface area contributed by atoms with Crippen LogP contribution in [0.4, 0.5) is 5.69 Å². The Morgan fingerprint density at radius 2 is 1.96 bits per heavy atom. The molecular formula is C19H21NO6. The van der Waals surface area contributed by atoms with E-state index in [4.69, 9.17) is 18.9 Å². The molecule has 1 aliphatic rings. The number of anilines is 1. The van der Waals surface area contributed by atoms with Crippen LogP contribution >= 0.6 is 0 Å². The van der Waals surface area contributed by atoms with Gasteiger partial charge in [0.05, 0.1) is 26.0 Å². The molecule has 0 aliphatic carbocycles. The van der Waals surface area contributed by atoms with Gasteiger partial charge in [0.25, 0.3) is 5.91 Å². The predicted molar refractivity (Wildman–Crippen MR) is 94.5 cm³/mol. The summed E-state index contributed by atoms with van der Waals surface area (Å²) < 4.78 is 21.6. The molecule has 0 aromatic heterocycles. The summed E-state index contributed by atoms with van der Waals surface area (Å²) in [6, 6.07) is 11.8. The number of methoxy groups -OCH3 is 1. The summed E-state index contributed by atoms with van der Waals surface area (Å²) in [5.74, 6) is 0.715. The number of aromatic hydroxyl groups is 1. The SMILES string of the molecule is COc1cccc(OCC(=O)Nc2cc(C3OCCCO3)ccc2O)c1. The highest BCUT2D eigenvalue weighted by Crippen LogP contribution is 2.30. The minimum atomic E-state index is -0.493. The van der Waals surface area contributed by atoms with Crippen molar-refractivity contribution in [2.75, 3.05) is 32.2 Å². The Kier molecular flexibility index (Phi) is 5.93. The first-order chi connectivity index (χ1) is 12.7. The fraction of sp³-hybridized carbons (Fsp3) is 0.316. The second kappa shape index (κ2) is 8.55. The van der Waals surface area contributed by atoms with Crippen LogP contribution in [0.5, 0.6) is 17.2 Å². The van der Waals surface area contributed by atoms with Gasteiger partial charge in [0.15, 0.2) is 12.9 Å². The van der Waals surface area contributed by atoms with Crippen molar-refractivity contribution in [1.82, 2.24) is 0 Å². The van der Waals surface area contributed by atoms with Crippen molar-refractivity contribution >= 4 is 11.6 Å². The molecular weight excluding hydrogens is 338 g/mol. The molecule has 0 unspecified atom stereocenters. The molecule has 26 heavy (non-hydrogen) atoms. The van der Waals surface area contributed by atoms with Crippen LogP contribution in [0.25, 0.3) is 0 Å². The van der Waals surface area contributed by atoms with Gasteiger partial charge < -0.3 is 29.4 Å². The smallest absolute Gasteiger partial charge is 0.262 e. The van der Waals surface area contributed by atoms with E-state index in [2.05, 4.69) is 5.32 Å². The molecule has 0 spiro atoms. The van der Waals surface area contributed by atoms with Gasteiger partial charge in [-0.1, -0.05) is 12.1 Å². The molecule has 7 heteroatoms. The number of ether oxygens (including phenoxy) is 4. The normalized spacial score (nSPS) is 14.7. The van der Waals surface area contributed by atoms with Crippen molar-refractivity contribution in [2.24, 2.45) is 0 Å². The van der Waals surface area contributed by atoms with E-state index < -0.39 is 12.2 Å². The third-order valence-corrected chi connectivity index (χ3v) is 3.81. The summed E-state index contributed by atoms with van der Waals surface area (Å²) in [4.78, 5) is 12.1. The molecule has 3 rings (SSSR count). The number of carbonyl (C=O) groups excluding carboxylic acids is 1. The highest BCUT2D eigenvalue weighted by atomic mass is 16.7. The maximum atomic E-state index is 12.1. The van der Waals surface area contributed by atoms with Crippen LogP contribution in [0.15, 0.2) is 42.5 Å². The average molecular weight is 359 g/mol. The van der Waals surface area contributed by atoms with Crippen LogP contribution < -0.4 is 14.8 Å². The van der Waals surface area contributed by atoms with Crippen molar-refractivity contribution in [3.05, 3.63) is 48.0 Å². The lowest BCUT2D eigenvalue weighted by atomic mass is 10.1. The topological polar surface area (TPSA) is 86.3 Å². The molecule has 1 heterocycles. The Balaban J connectivity index is 1.61. The van der Waals surface area contributed by atoms with Crippen molar-refractivity contribution in [1.29, 1.82) is 0 Å². The third-order valence-electron chi connectivity index (χ3n) is 3.81. The van der Waals surface area contributed by atoms with Gasteiger partial charge in [-0.3, -0.25) is 4.79 Å². The van der Waals surface area contributed by atoms with Crippen LogP contribution in [-0.4, -0.2) is 37.9 Å². The summed E-state index contributed by atoms with van der Waals surface area (Å²) >= 11 is 0. The highest BCUT2D eigenvalue weighted by Gasteiger charge is 2.18. The fourth-order valence-electron chi connectivity index (χ4n) is 2.51. The molecule has 1 amide bonds. The van der Waals surface area contributed by atoms with Gasteiger partial charge in [-0.05, 0) is 30.7 Å². The van der Waals surface area contributed by atoms with Gasteiger partial charge in [0, 0.05) is 11.6 Å². The number of rotatable bonds is 6. The van der Waals surface area contributed by atoms with E-state index in [9.17, 15) is 9.90 Å². The molecule has 2 aromatic carbocycles. The number of phenols is 1. The number of hydrogen-bond donors (Lipinski definition) is 2. The quantitative estimate of drug-likeness (QED) is 0.772. The summed E-state index contributed by atoms with van der Waals surface area (Å²) in [5.41, 5.74) is 1.01. The molecule has 0 bridgehead atoms. The Bertz CT molecular complexity index is 757. The van der Waals surface area contributed by atoms with E-state index in [1.165, 1.54) is 6.07 Å². The number of hydrogen-bond acceptors (Lipinski definition) is 6. The highest BCUT2D eigenvalue weighted by molar-refractivity contribution is 5.93. The Hall–Kier alpha value is -2.77. The first-order valence-corrected chi connectivity index (χ1v) is 8.28.